The Labute approximate surface area is 185 Å². The van der Waals surface area contributed by atoms with Gasteiger partial charge in [-0.15, -0.1) is 0 Å². The zero-order chi connectivity index (χ0) is 22.2. The van der Waals surface area contributed by atoms with Gasteiger partial charge in [-0.05, 0) is 36.8 Å². The van der Waals surface area contributed by atoms with E-state index in [0.29, 0.717) is 27.9 Å². The normalized spacial score (nSPS) is 21.2. The highest BCUT2D eigenvalue weighted by Crippen LogP contribution is 2.35. The molecule has 10 heteroatoms. The van der Waals surface area contributed by atoms with Crippen molar-refractivity contribution in [3.63, 3.8) is 0 Å². The second kappa shape index (κ2) is 8.43. The molecule has 2 aromatic rings. The van der Waals surface area contributed by atoms with Crippen LogP contribution in [0.5, 0.6) is 11.5 Å². The van der Waals surface area contributed by atoms with Crippen molar-refractivity contribution in [1.82, 2.24) is 0 Å². The lowest BCUT2D eigenvalue weighted by atomic mass is 10.1. The van der Waals surface area contributed by atoms with Gasteiger partial charge in [-0.25, -0.2) is 8.42 Å². The molecule has 31 heavy (non-hydrogen) atoms. The maximum atomic E-state index is 12.8. The van der Waals surface area contributed by atoms with Crippen molar-refractivity contribution in [1.29, 1.82) is 0 Å². The number of sulfone groups is 1. The van der Waals surface area contributed by atoms with Gasteiger partial charge in [0.25, 0.3) is 5.91 Å². The first-order valence-electron chi connectivity index (χ1n) is 9.64. The third-order valence-electron chi connectivity index (χ3n) is 5.22. The number of carbonyl (C=O) groups excluding carboxylic acids is 1. The molecule has 0 spiro atoms. The Kier molecular flexibility index (Phi) is 5.85. The second-order valence-corrected chi connectivity index (χ2v) is 10.8. The third kappa shape index (κ3) is 4.64. The number of hydrogen-bond acceptors (Lipinski definition) is 8. The zero-order valence-corrected chi connectivity index (χ0v) is 19.0. The Bertz CT molecular complexity index is 1160. The first-order chi connectivity index (χ1) is 14.8. The minimum atomic E-state index is -2.99. The summed E-state index contributed by atoms with van der Waals surface area (Å²) in [6.45, 7) is 1.93. The van der Waals surface area contributed by atoms with E-state index in [2.05, 4.69) is 15.6 Å². The molecule has 2 aromatic carbocycles. The van der Waals surface area contributed by atoms with Gasteiger partial charge in [-0.3, -0.25) is 9.79 Å². The number of amides is 1. The third-order valence-corrected chi connectivity index (χ3v) is 8.36. The molecule has 0 radical (unpaired) electrons. The number of aliphatic imine (C=N–C) groups is 1. The van der Waals surface area contributed by atoms with Gasteiger partial charge >= 0.3 is 0 Å². The van der Waals surface area contributed by atoms with Crippen molar-refractivity contribution in [2.24, 2.45) is 4.99 Å². The van der Waals surface area contributed by atoms with Crippen LogP contribution in [0.25, 0.3) is 0 Å². The molecule has 8 nitrogen and oxygen atoms in total. The average molecular weight is 462 g/mol. The van der Waals surface area contributed by atoms with Gasteiger partial charge in [0.15, 0.2) is 15.0 Å². The highest BCUT2D eigenvalue weighted by Gasteiger charge is 2.42. The van der Waals surface area contributed by atoms with Gasteiger partial charge in [0, 0.05) is 22.6 Å². The van der Waals surface area contributed by atoms with Crippen LogP contribution in [-0.2, 0) is 9.84 Å². The summed E-state index contributed by atoms with van der Waals surface area (Å²) in [5, 5.41) is 6.76. The van der Waals surface area contributed by atoms with Crippen molar-refractivity contribution in [3.8, 4) is 11.5 Å². The molecule has 0 saturated carbocycles. The Balaban J connectivity index is 1.50. The fraction of sp³-hybridized carbons (Fsp3) is 0.333. The number of carbonyl (C=O) groups is 1. The molecule has 1 amide bonds. The number of nitrogens with one attached hydrogen (secondary N) is 2. The van der Waals surface area contributed by atoms with Crippen LogP contribution in [0, 0.1) is 6.92 Å². The molecule has 0 aromatic heterocycles. The lowest BCUT2D eigenvalue weighted by molar-refractivity contribution is 0.102. The molecule has 2 aliphatic heterocycles. The lowest BCUT2D eigenvalue weighted by Crippen LogP contribution is -2.15. The maximum absolute atomic E-state index is 12.8. The first-order valence-corrected chi connectivity index (χ1v) is 12.3. The highest BCUT2D eigenvalue weighted by molar-refractivity contribution is 8.15. The van der Waals surface area contributed by atoms with Crippen LogP contribution in [0.3, 0.4) is 0 Å². The van der Waals surface area contributed by atoms with Crippen molar-refractivity contribution in [2.45, 2.75) is 18.2 Å². The number of thioether (sulfide) groups is 1. The SMILES string of the molecule is COc1ccc(NC(=O)c2ccc(C)c(NC3=N[C@H]4CS(=O)(=O)C[C@@H]4S3)c2)c(OC)c1. The predicted octanol–water partition coefficient (Wildman–Crippen LogP) is 2.94. The van der Waals surface area contributed by atoms with Crippen LogP contribution >= 0.6 is 11.8 Å². The molecular formula is C21H23N3O5S2. The van der Waals surface area contributed by atoms with Crippen molar-refractivity contribution < 1.29 is 22.7 Å². The number of nitrogens with zero attached hydrogens (tertiary/aromatic N) is 1. The molecular weight excluding hydrogens is 438 g/mol. The van der Waals surface area contributed by atoms with Crippen LogP contribution in [0.15, 0.2) is 41.4 Å². The van der Waals surface area contributed by atoms with E-state index >= 15 is 0 Å². The predicted molar refractivity (Wildman–Crippen MR) is 124 cm³/mol. The Morgan fingerprint density at radius 2 is 1.90 bits per heavy atom. The molecule has 2 N–H and O–H groups in total. The van der Waals surface area contributed by atoms with Crippen LogP contribution < -0.4 is 20.1 Å². The molecule has 2 aliphatic rings. The van der Waals surface area contributed by atoms with E-state index < -0.39 is 9.84 Å². The largest absolute Gasteiger partial charge is 0.497 e. The molecule has 0 aliphatic carbocycles. The van der Waals surface area contributed by atoms with Gasteiger partial charge in [-0.1, -0.05) is 17.8 Å². The van der Waals surface area contributed by atoms with Crippen LogP contribution in [-0.4, -0.2) is 56.5 Å². The van der Waals surface area contributed by atoms with Crippen LogP contribution in [0.4, 0.5) is 11.4 Å². The van der Waals surface area contributed by atoms with Crippen molar-refractivity contribution in [3.05, 3.63) is 47.5 Å². The number of amidine groups is 1. The summed E-state index contributed by atoms with van der Waals surface area (Å²) in [4.78, 5) is 17.4. The molecule has 1 fully saturated rings. The molecule has 2 atom stereocenters. The Morgan fingerprint density at radius 1 is 1.10 bits per heavy atom. The number of methoxy groups -OCH3 is 2. The molecule has 1 saturated heterocycles. The fourth-order valence-electron chi connectivity index (χ4n) is 3.53. The van der Waals surface area contributed by atoms with Gasteiger partial charge in [-0.2, -0.15) is 0 Å². The number of rotatable bonds is 5. The molecule has 2 heterocycles. The summed E-state index contributed by atoms with van der Waals surface area (Å²) in [5.74, 6) is 1.10. The molecule has 4 rings (SSSR count). The molecule has 0 bridgehead atoms. The topological polar surface area (TPSA) is 106 Å². The number of benzene rings is 2. The van der Waals surface area contributed by atoms with Crippen molar-refractivity contribution >= 4 is 44.0 Å². The summed E-state index contributed by atoms with van der Waals surface area (Å²) in [5.41, 5.74) is 2.71. The number of fused-ring (bicyclic) bond motifs is 1. The zero-order valence-electron chi connectivity index (χ0n) is 17.3. The molecule has 0 unspecified atom stereocenters. The highest BCUT2D eigenvalue weighted by atomic mass is 32.2. The van der Waals surface area contributed by atoms with Gasteiger partial charge in [0.2, 0.25) is 0 Å². The Hall–Kier alpha value is -2.72. The Morgan fingerprint density at radius 3 is 2.61 bits per heavy atom. The number of ether oxygens (including phenoxy) is 2. The first kappa shape index (κ1) is 21.5. The smallest absolute Gasteiger partial charge is 0.255 e. The van der Waals surface area contributed by atoms with E-state index in [4.69, 9.17) is 9.47 Å². The van der Waals surface area contributed by atoms with Gasteiger partial charge < -0.3 is 20.1 Å². The number of anilines is 2. The lowest BCUT2D eigenvalue weighted by Gasteiger charge is -2.14. The average Bonchev–Trinajstić information content (AvgIpc) is 3.22. The summed E-state index contributed by atoms with van der Waals surface area (Å²) in [6, 6.07) is 10.3. The van der Waals surface area contributed by atoms with E-state index in [1.807, 2.05) is 13.0 Å². The van der Waals surface area contributed by atoms with E-state index in [9.17, 15) is 13.2 Å². The van der Waals surface area contributed by atoms with E-state index in [0.717, 1.165) is 11.3 Å². The molecule has 164 valence electrons. The second-order valence-electron chi connectivity index (χ2n) is 7.41. The van der Waals surface area contributed by atoms with Crippen LogP contribution in [0.1, 0.15) is 15.9 Å². The maximum Gasteiger partial charge on any atom is 0.255 e. The fourth-order valence-corrected chi connectivity index (χ4v) is 7.19. The van der Waals surface area contributed by atoms with E-state index in [1.54, 1.807) is 37.4 Å². The monoisotopic (exact) mass is 461 g/mol. The number of aryl methyl sites for hydroxylation is 1. The van der Waals surface area contributed by atoms with Gasteiger partial charge in [0.1, 0.15) is 11.5 Å². The summed E-state index contributed by atoms with van der Waals surface area (Å²) in [7, 11) is 0.0944. The number of hydrogen-bond donors (Lipinski definition) is 2. The summed E-state index contributed by atoms with van der Waals surface area (Å²) in [6.07, 6.45) is 0. The van der Waals surface area contributed by atoms with E-state index in [-0.39, 0.29) is 28.7 Å². The summed E-state index contributed by atoms with van der Waals surface area (Å²) >= 11 is 1.44. The van der Waals surface area contributed by atoms with Crippen molar-refractivity contribution in [2.75, 3.05) is 36.4 Å². The quantitative estimate of drug-likeness (QED) is 0.705. The van der Waals surface area contributed by atoms with Gasteiger partial charge in [0.05, 0.1) is 37.5 Å². The van der Waals surface area contributed by atoms with Crippen LogP contribution in [0.2, 0.25) is 0 Å². The minimum Gasteiger partial charge on any atom is -0.497 e. The van der Waals surface area contributed by atoms with E-state index in [1.165, 1.54) is 18.9 Å². The minimum absolute atomic E-state index is 0.0400. The standard InChI is InChI=1S/C21H23N3O5S2/c1-12-4-5-13(20(25)22-15-7-6-14(28-2)9-18(15)29-3)8-16(12)23-21-24-17-10-31(26,27)11-19(17)30-21/h4-9,17,19H,10-11H2,1-3H3,(H,22,25)(H,23,24)/t17-,19-/m0/s1. The summed E-state index contributed by atoms with van der Waals surface area (Å²) < 4.78 is 34.0.